The van der Waals surface area contributed by atoms with Gasteiger partial charge in [0.1, 0.15) is 0 Å². The number of rotatable bonds is 6. The normalized spacial score (nSPS) is 21.8. The molecule has 1 atom stereocenters. The second-order valence-electron chi connectivity index (χ2n) is 4.94. The van der Waals surface area contributed by atoms with E-state index in [0.29, 0.717) is 18.6 Å². The summed E-state index contributed by atoms with van der Waals surface area (Å²) in [5.41, 5.74) is 0. The van der Waals surface area contributed by atoms with Crippen molar-refractivity contribution in [3.8, 4) is 0 Å². The maximum atomic E-state index is 11.9. The molecule has 1 amide bonds. The summed E-state index contributed by atoms with van der Waals surface area (Å²) in [5, 5.41) is 6.39. The number of amides is 1. The Labute approximate surface area is 105 Å². The minimum absolute atomic E-state index is 0.176. The topological polar surface area (TPSA) is 44.4 Å². The van der Waals surface area contributed by atoms with Gasteiger partial charge in [-0.2, -0.15) is 0 Å². The highest BCUT2D eigenvalue weighted by molar-refractivity contribution is 5.78. The highest BCUT2D eigenvalue weighted by atomic mass is 16.2. The van der Waals surface area contributed by atoms with E-state index in [9.17, 15) is 4.79 Å². The minimum atomic E-state index is 0.176. The van der Waals surface area contributed by atoms with Crippen molar-refractivity contribution in [2.75, 3.05) is 26.7 Å². The zero-order valence-electron chi connectivity index (χ0n) is 11.5. The molecule has 1 unspecified atom stereocenters. The van der Waals surface area contributed by atoms with Crippen molar-refractivity contribution in [1.29, 1.82) is 0 Å². The van der Waals surface area contributed by atoms with E-state index in [2.05, 4.69) is 29.4 Å². The quantitative estimate of drug-likeness (QED) is 0.728. The molecule has 1 aliphatic heterocycles. The van der Waals surface area contributed by atoms with Crippen LogP contribution in [0.2, 0.25) is 0 Å². The van der Waals surface area contributed by atoms with E-state index in [1.807, 2.05) is 7.05 Å². The van der Waals surface area contributed by atoms with Crippen LogP contribution < -0.4 is 10.6 Å². The maximum Gasteiger partial charge on any atom is 0.234 e. The Bertz CT molecular complexity index is 229. The molecule has 1 rings (SSSR count). The monoisotopic (exact) mass is 241 g/mol. The molecule has 1 heterocycles. The number of carbonyl (C=O) groups excluding carboxylic acids is 1. The van der Waals surface area contributed by atoms with Crippen LogP contribution in [0.4, 0.5) is 0 Å². The molecule has 0 bridgehead atoms. The van der Waals surface area contributed by atoms with Crippen molar-refractivity contribution >= 4 is 5.91 Å². The third-order valence-corrected chi connectivity index (χ3v) is 3.63. The van der Waals surface area contributed by atoms with E-state index in [1.54, 1.807) is 0 Å². The van der Waals surface area contributed by atoms with Crippen LogP contribution in [0.1, 0.15) is 39.5 Å². The fourth-order valence-electron chi connectivity index (χ4n) is 2.40. The first-order valence-electron chi connectivity index (χ1n) is 6.88. The SMILES string of the molecule is CCC(CC)NC(=O)CN1CCCC(NC)C1. The first-order chi connectivity index (χ1) is 8.19. The average Bonchev–Trinajstić information content (AvgIpc) is 2.36. The fourth-order valence-corrected chi connectivity index (χ4v) is 2.40. The van der Waals surface area contributed by atoms with Crippen LogP contribution >= 0.6 is 0 Å². The number of nitrogens with zero attached hydrogens (tertiary/aromatic N) is 1. The molecule has 0 aliphatic carbocycles. The second kappa shape index (κ2) is 7.67. The standard InChI is InChI=1S/C13H27N3O/c1-4-11(5-2)15-13(17)10-16-8-6-7-12(9-16)14-3/h11-12,14H,4-10H2,1-3H3,(H,15,17). The molecule has 100 valence electrons. The van der Waals surface area contributed by atoms with Crippen molar-refractivity contribution in [1.82, 2.24) is 15.5 Å². The molecular formula is C13H27N3O. The first kappa shape index (κ1) is 14.5. The number of likely N-dealkylation sites (N-methyl/N-ethyl adjacent to an activating group) is 1. The molecule has 0 saturated carbocycles. The van der Waals surface area contributed by atoms with Gasteiger partial charge in [-0.25, -0.2) is 0 Å². The number of piperidine rings is 1. The van der Waals surface area contributed by atoms with Gasteiger partial charge >= 0.3 is 0 Å². The number of likely N-dealkylation sites (tertiary alicyclic amines) is 1. The summed E-state index contributed by atoms with van der Waals surface area (Å²) >= 11 is 0. The smallest absolute Gasteiger partial charge is 0.234 e. The van der Waals surface area contributed by atoms with Crippen LogP contribution in [0, 0.1) is 0 Å². The summed E-state index contributed by atoms with van der Waals surface area (Å²) in [6.45, 7) is 6.83. The van der Waals surface area contributed by atoms with Gasteiger partial charge in [0, 0.05) is 18.6 Å². The molecule has 4 heteroatoms. The van der Waals surface area contributed by atoms with Crippen LogP contribution in [-0.2, 0) is 4.79 Å². The summed E-state index contributed by atoms with van der Waals surface area (Å²) < 4.78 is 0. The van der Waals surface area contributed by atoms with Crippen molar-refractivity contribution in [2.45, 2.75) is 51.6 Å². The van der Waals surface area contributed by atoms with Crippen molar-refractivity contribution in [3.63, 3.8) is 0 Å². The van der Waals surface area contributed by atoms with Crippen LogP contribution in [-0.4, -0.2) is 49.6 Å². The van der Waals surface area contributed by atoms with Crippen LogP contribution in [0.3, 0.4) is 0 Å². The molecule has 17 heavy (non-hydrogen) atoms. The van der Waals surface area contributed by atoms with E-state index in [0.717, 1.165) is 25.9 Å². The first-order valence-corrected chi connectivity index (χ1v) is 6.88. The Balaban J connectivity index is 2.30. The number of carbonyl (C=O) groups is 1. The molecular weight excluding hydrogens is 214 g/mol. The van der Waals surface area contributed by atoms with Crippen LogP contribution in [0.5, 0.6) is 0 Å². The largest absolute Gasteiger partial charge is 0.352 e. The Morgan fingerprint density at radius 1 is 1.41 bits per heavy atom. The average molecular weight is 241 g/mol. The van der Waals surface area contributed by atoms with Gasteiger partial charge in [-0.15, -0.1) is 0 Å². The molecule has 1 saturated heterocycles. The fraction of sp³-hybridized carbons (Fsp3) is 0.923. The lowest BCUT2D eigenvalue weighted by molar-refractivity contribution is -0.123. The Morgan fingerprint density at radius 2 is 2.12 bits per heavy atom. The van der Waals surface area contributed by atoms with Gasteiger partial charge in [-0.1, -0.05) is 13.8 Å². The van der Waals surface area contributed by atoms with Crippen molar-refractivity contribution in [2.24, 2.45) is 0 Å². The van der Waals surface area contributed by atoms with E-state index >= 15 is 0 Å². The zero-order chi connectivity index (χ0) is 12.7. The Hall–Kier alpha value is -0.610. The number of nitrogens with one attached hydrogen (secondary N) is 2. The van der Waals surface area contributed by atoms with E-state index in [-0.39, 0.29) is 5.91 Å². The van der Waals surface area contributed by atoms with Gasteiger partial charge in [-0.05, 0) is 39.3 Å². The number of hydrogen-bond donors (Lipinski definition) is 2. The summed E-state index contributed by atoms with van der Waals surface area (Å²) in [4.78, 5) is 14.1. The third kappa shape index (κ3) is 5.04. The molecule has 1 fully saturated rings. The molecule has 4 nitrogen and oxygen atoms in total. The van der Waals surface area contributed by atoms with Crippen molar-refractivity contribution < 1.29 is 4.79 Å². The van der Waals surface area contributed by atoms with Gasteiger partial charge in [0.15, 0.2) is 0 Å². The van der Waals surface area contributed by atoms with Gasteiger partial charge < -0.3 is 10.6 Å². The molecule has 0 spiro atoms. The van der Waals surface area contributed by atoms with Gasteiger partial charge in [0.25, 0.3) is 0 Å². The lowest BCUT2D eigenvalue weighted by Gasteiger charge is -2.32. The van der Waals surface area contributed by atoms with Gasteiger partial charge in [0.2, 0.25) is 5.91 Å². The lowest BCUT2D eigenvalue weighted by atomic mass is 10.1. The Morgan fingerprint density at radius 3 is 2.71 bits per heavy atom. The zero-order valence-corrected chi connectivity index (χ0v) is 11.5. The summed E-state index contributed by atoms with van der Waals surface area (Å²) in [6.07, 6.45) is 4.44. The molecule has 0 aromatic rings. The highest BCUT2D eigenvalue weighted by Gasteiger charge is 2.20. The molecule has 0 aromatic carbocycles. The minimum Gasteiger partial charge on any atom is -0.352 e. The van der Waals surface area contributed by atoms with E-state index in [4.69, 9.17) is 0 Å². The second-order valence-corrected chi connectivity index (χ2v) is 4.94. The van der Waals surface area contributed by atoms with Crippen LogP contribution in [0.25, 0.3) is 0 Å². The molecule has 1 aliphatic rings. The van der Waals surface area contributed by atoms with Gasteiger partial charge in [-0.3, -0.25) is 9.69 Å². The van der Waals surface area contributed by atoms with E-state index < -0.39 is 0 Å². The predicted molar refractivity (Wildman–Crippen MR) is 71.0 cm³/mol. The summed E-state index contributed by atoms with van der Waals surface area (Å²) in [5.74, 6) is 0.176. The summed E-state index contributed by atoms with van der Waals surface area (Å²) in [6, 6.07) is 0.886. The predicted octanol–water partition coefficient (Wildman–Crippen LogP) is 0.975. The Kier molecular flexibility index (Phi) is 6.52. The third-order valence-electron chi connectivity index (χ3n) is 3.63. The van der Waals surface area contributed by atoms with Gasteiger partial charge in [0.05, 0.1) is 6.54 Å². The van der Waals surface area contributed by atoms with Crippen LogP contribution in [0.15, 0.2) is 0 Å². The maximum absolute atomic E-state index is 11.9. The molecule has 0 aromatic heterocycles. The molecule has 0 radical (unpaired) electrons. The highest BCUT2D eigenvalue weighted by Crippen LogP contribution is 2.09. The van der Waals surface area contributed by atoms with E-state index in [1.165, 1.54) is 12.8 Å². The number of hydrogen-bond acceptors (Lipinski definition) is 3. The lowest BCUT2D eigenvalue weighted by Crippen LogP contribution is -2.49. The summed E-state index contributed by atoms with van der Waals surface area (Å²) in [7, 11) is 2.00. The molecule has 2 N–H and O–H groups in total. The van der Waals surface area contributed by atoms with Crippen molar-refractivity contribution in [3.05, 3.63) is 0 Å².